The third-order valence-corrected chi connectivity index (χ3v) is 1.53. The summed E-state index contributed by atoms with van der Waals surface area (Å²) in [5.41, 5.74) is 0. The number of hydrogen-bond acceptors (Lipinski definition) is 3. The molecule has 5 heteroatoms. The standard InChI is InChI=1S/C10H15NO4/c1-3-5-8(7-9(12)13)11-10(14)15-6-4-2/h3-4,8H,1-2,5-7H2,(H,11,14)(H,12,13)/t8-/m1/s1. The van der Waals surface area contributed by atoms with Gasteiger partial charge in [0.1, 0.15) is 6.61 Å². The van der Waals surface area contributed by atoms with E-state index in [2.05, 4.69) is 23.2 Å². The molecule has 5 nitrogen and oxygen atoms in total. The Balaban J connectivity index is 4.02. The molecule has 0 aliphatic carbocycles. The van der Waals surface area contributed by atoms with Gasteiger partial charge < -0.3 is 15.2 Å². The minimum Gasteiger partial charge on any atom is -0.481 e. The van der Waals surface area contributed by atoms with Crippen LogP contribution in [0.15, 0.2) is 25.3 Å². The minimum atomic E-state index is -0.981. The zero-order valence-corrected chi connectivity index (χ0v) is 8.44. The van der Waals surface area contributed by atoms with E-state index in [1.165, 1.54) is 6.08 Å². The maximum absolute atomic E-state index is 11.1. The number of alkyl carbamates (subject to hydrolysis) is 1. The molecule has 0 saturated heterocycles. The minimum absolute atomic E-state index is 0.0969. The van der Waals surface area contributed by atoms with E-state index in [-0.39, 0.29) is 13.0 Å². The lowest BCUT2D eigenvalue weighted by atomic mass is 10.1. The Morgan fingerprint density at radius 3 is 2.53 bits per heavy atom. The lowest BCUT2D eigenvalue weighted by Crippen LogP contribution is -2.36. The van der Waals surface area contributed by atoms with Crippen molar-refractivity contribution in [1.29, 1.82) is 0 Å². The fourth-order valence-electron chi connectivity index (χ4n) is 0.948. The Morgan fingerprint density at radius 2 is 2.07 bits per heavy atom. The van der Waals surface area contributed by atoms with Gasteiger partial charge in [0, 0.05) is 6.04 Å². The number of hydrogen-bond donors (Lipinski definition) is 2. The number of amides is 1. The maximum Gasteiger partial charge on any atom is 0.407 e. The van der Waals surface area contributed by atoms with E-state index in [4.69, 9.17) is 5.11 Å². The molecule has 0 aromatic heterocycles. The molecule has 0 aliphatic rings. The Labute approximate surface area is 88.4 Å². The van der Waals surface area contributed by atoms with E-state index in [9.17, 15) is 9.59 Å². The summed E-state index contributed by atoms with van der Waals surface area (Å²) < 4.78 is 4.65. The van der Waals surface area contributed by atoms with Crippen LogP contribution in [0.4, 0.5) is 4.79 Å². The summed E-state index contributed by atoms with van der Waals surface area (Å²) in [6.45, 7) is 6.95. The number of carbonyl (C=O) groups excluding carboxylic acids is 1. The van der Waals surface area contributed by atoms with Gasteiger partial charge >= 0.3 is 12.1 Å². The van der Waals surface area contributed by atoms with Gasteiger partial charge in [-0.25, -0.2) is 4.79 Å². The van der Waals surface area contributed by atoms with E-state index < -0.39 is 18.1 Å². The van der Waals surface area contributed by atoms with Crippen molar-refractivity contribution in [3.05, 3.63) is 25.3 Å². The smallest absolute Gasteiger partial charge is 0.407 e. The molecule has 1 atom stereocenters. The molecule has 0 spiro atoms. The summed E-state index contributed by atoms with van der Waals surface area (Å²) in [7, 11) is 0. The van der Waals surface area contributed by atoms with E-state index in [1.807, 2.05) is 0 Å². The van der Waals surface area contributed by atoms with Crippen molar-refractivity contribution in [1.82, 2.24) is 5.32 Å². The van der Waals surface area contributed by atoms with Crippen molar-refractivity contribution in [3.8, 4) is 0 Å². The summed E-state index contributed by atoms with van der Waals surface area (Å²) in [5.74, 6) is -0.981. The van der Waals surface area contributed by atoms with Crippen molar-refractivity contribution in [3.63, 3.8) is 0 Å². The Bertz CT molecular complexity index is 250. The van der Waals surface area contributed by atoms with Gasteiger partial charge in [-0.05, 0) is 6.42 Å². The zero-order valence-electron chi connectivity index (χ0n) is 8.44. The van der Waals surface area contributed by atoms with Gasteiger partial charge in [-0.15, -0.1) is 6.58 Å². The molecule has 0 bridgehead atoms. The number of carboxylic acids is 1. The number of carbonyl (C=O) groups is 2. The van der Waals surface area contributed by atoms with Gasteiger partial charge in [0.05, 0.1) is 6.42 Å². The molecule has 0 aromatic carbocycles. The van der Waals surface area contributed by atoms with Crippen LogP contribution in [-0.4, -0.2) is 29.8 Å². The molecule has 0 unspecified atom stereocenters. The van der Waals surface area contributed by atoms with Crippen molar-refractivity contribution < 1.29 is 19.4 Å². The molecule has 0 saturated carbocycles. The molecule has 0 fully saturated rings. The van der Waals surface area contributed by atoms with Gasteiger partial charge in [-0.2, -0.15) is 0 Å². The van der Waals surface area contributed by atoms with Crippen LogP contribution in [0, 0.1) is 0 Å². The van der Waals surface area contributed by atoms with Gasteiger partial charge in [0.15, 0.2) is 0 Å². The summed E-state index contributed by atoms with van der Waals surface area (Å²) >= 11 is 0. The van der Waals surface area contributed by atoms with E-state index in [0.717, 1.165) is 0 Å². The van der Waals surface area contributed by atoms with Crippen LogP contribution in [0.5, 0.6) is 0 Å². The maximum atomic E-state index is 11.1. The van der Waals surface area contributed by atoms with Crippen LogP contribution >= 0.6 is 0 Å². The number of carboxylic acid groups (broad SMARTS) is 1. The second-order valence-electron chi connectivity index (χ2n) is 2.85. The van der Waals surface area contributed by atoms with Crippen LogP contribution in [0.2, 0.25) is 0 Å². The van der Waals surface area contributed by atoms with Gasteiger partial charge in [-0.1, -0.05) is 18.7 Å². The first-order valence-electron chi connectivity index (χ1n) is 4.47. The Kier molecular flexibility index (Phi) is 6.70. The lowest BCUT2D eigenvalue weighted by molar-refractivity contribution is -0.137. The van der Waals surface area contributed by atoms with Crippen LogP contribution in [0.25, 0.3) is 0 Å². The molecule has 1 amide bonds. The van der Waals surface area contributed by atoms with Crippen LogP contribution in [0.3, 0.4) is 0 Å². The average molecular weight is 213 g/mol. The zero-order chi connectivity index (χ0) is 11.7. The van der Waals surface area contributed by atoms with Crippen molar-refractivity contribution >= 4 is 12.1 Å². The molecule has 0 radical (unpaired) electrons. The highest BCUT2D eigenvalue weighted by molar-refractivity contribution is 5.71. The number of ether oxygens (including phenoxy) is 1. The molecule has 0 aromatic rings. The summed E-state index contributed by atoms with van der Waals surface area (Å²) in [5, 5.41) is 11.0. The molecule has 0 aliphatic heterocycles. The van der Waals surface area contributed by atoms with Crippen LogP contribution in [0.1, 0.15) is 12.8 Å². The first-order valence-corrected chi connectivity index (χ1v) is 4.47. The Morgan fingerprint density at radius 1 is 1.40 bits per heavy atom. The molecular formula is C10H15NO4. The highest BCUT2D eigenvalue weighted by Gasteiger charge is 2.14. The average Bonchev–Trinajstić information content (AvgIpc) is 2.14. The van der Waals surface area contributed by atoms with Crippen molar-refractivity contribution in [2.45, 2.75) is 18.9 Å². The summed E-state index contributed by atoms with van der Waals surface area (Å²) in [6, 6.07) is -0.489. The summed E-state index contributed by atoms with van der Waals surface area (Å²) in [6.07, 6.45) is 2.55. The predicted octanol–water partition coefficient (Wildman–Crippen LogP) is 1.32. The second-order valence-corrected chi connectivity index (χ2v) is 2.85. The first kappa shape index (κ1) is 13.2. The van der Waals surface area contributed by atoms with Crippen LogP contribution < -0.4 is 5.32 Å². The monoisotopic (exact) mass is 213 g/mol. The summed E-state index contributed by atoms with van der Waals surface area (Å²) in [4.78, 5) is 21.5. The third kappa shape index (κ3) is 7.30. The quantitative estimate of drug-likeness (QED) is 0.625. The molecule has 0 rings (SSSR count). The number of aliphatic carboxylic acids is 1. The normalized spacial score (nSPS) is 11.2. The van der Waals surface area contributed by atoms with E-state index in [1.54, 1.807) is 6.08 Å². The number of nitrogens with one attached hydrogen (secondary N) is 1. The molecule has 15 heavy (non-hydrogen) atoms. The predicted molar refractivity (Wildman–Crippen MR) is 55.5 cm³/mol. The Hall–Kier alpha value is -1.78. The van der Waals surface area contributed by atoms with Crippen molar-refractivity contribution in [2.24, 2.45) is 0 Å². The molecule has 0 heterocycles. The van der Waals surface area contributed by atoms with Gasteiger partial charge in [0.25, 0.3) is 0 Å². The molecule has 84 valence electrons. The van der Waals surface area contributed by atoms with Crippen molar-refractivity contribution in [2.75, 3.05) is 6.61 Å². The van der Waals surface area contributed by atoms with E-state index in [0.29, 0.717) is 6.42 Å². The van der Waals surface area contributed by atoms with Gasteiger partial charge in [0.2, 0.25) is 0 Å². The fraction of sp³-hybridized carbons (Fsp3) is 0.400. The second kappa shape index (κ2) is 7.61. The molecular weight excluding hydrogens is 198 g/mol. The SMILES string of the molecule is C=CCOC(=O)N[C@H](CC=C)CC(=O)O. The van der Waals surface area contributed by atoms with Gasteiger partial charge in [-0.3, -0.25) is 4.79 Å². The third-order valence-electron chi connectivity index (χ3n) is 1.53. The molecule has 2 N–H and O–H groups in total. The number of rotatable bonds is 7. The lowest BCUT2D eigenvalue weighted by Gasteiger charge is -2.14. The first-order chi connectivity index (χ1) is 7.10. The van der Waals surface area contributed by atoms with E-state index >= 15 is 0 Å². The van der Waals surface area contributed by atoms with Crippen LogP contribution in [-0.2, 0) is 9.53 Å². The highest BCUT2D eigenvalue weighted by Crippen LogP contribution is 1.99. The highest BCUT2D eigenvalue weighted by atomic mass is 16.5. The largest absolute Gasteiger partial charge is 0.481 e. The topological polar surface area (TPSA) is 75.6 Å². The fourth-order valence-corrected chi connectivity index (χ4v) is 0.948.